The lowest BCUT2D eigenvalue weighted by Crippen LogP contribution is -2.38. The van der Waals surface area contributed by atoms with Gasteiger partial charge in [0.05, 0.1) is 19.2 Å². The number of carbonyl (C=O) groups excluding carboxylic acids is 1. The van der Waals surface area contributed by atoms with Crippen molar-refractivity contribution in [1.82, 2.24) is 10.6 Å². The molecule has 0 aromatic heterocycles. The van der Waals surface area contributed by atoms with E-state index in [1.54, 1.807) is 0 Å². The summed E-state index contributed by atoms with van der Waals surface area (Å²) in [7, 11) is 0. The van der Waals surface area contributed by atoms with Gasteiger partial charge in [-0.1, -0.05) is 5.92 Å². The Morgan fingerprint density at radius 3 is 2.93 bits per heavy atom. The van der Waals surface area contributed by atoms with E-state index in [-0.39, 0.29) is 18.6 Å². The van der Waals surface area contributed by atoms with E-state index in [0.29, 0.717) is 19.0 Å². The number of terminal acetylenes is 1. The van der Waals surface area contributed by atoms with Crippen molar-refractivity contribution in [1.29, 1.82) is 0 Å². The van der Waals surface area contributed by atoms with Crippen LogP contribution in [0.1, 0.15) is 12.8 Å². The number of carbonyl (C=O) groups is 1. The molecule has 0 aliphatic heterocycles. The molecule has 1 amide bonds. The molecule has 1 saturated carbocycles. The van der Waals surface area contributed by atoms with E-state index in [1.807, 2.05) is 0 Å². The van der Waals surface area contributed by atoms with Crippen molar-refractivity contribution in [3.63, 3.8) is 0 Å². The normalized spacial score (nSPS) is 17.1. The first-order valence-electron chi connectivity index (χ1n) is 4.83. The van der Waals surface area contributed by atoms with E-state index in [9.17, 15) is 9.90 Å². The van der Waals surface area contributed by atoms with Gasteiger partial charge in [-0.2, -0.15) is 0 Å². The van der Waals surface area contributed by atoms with Gasteiger partial charge in [0.15, 0.2) is 0 Å². The fourth-order valence-corrected chi connectivity index (χ4v) is 1.18. The van der Waals surface area contributed by atoms with Crippen LogP contribution in [0, 0.1) is 18.3 Å². The predicted octanol–water partition coefficient (Wildman–Crippen LogP) is -0.904. The van der Waals surface area contributed by atoms with Crippen LogP contribution in [0.25, 0.3) is 0 Å². The Morgan fingerprint density at radius 1 is 1.64 bits per heavy atom. The Morgan fingerprint density at radius 2 is 2.36 bits per heavy atom. The van der Waals surface area contributed by atoms with Gasteiger partial charge in [0.25, 0.3) is 0 Å². The maximum atomic E-state index is 11.1. The largest absolute Gasteiger partial charge is 0.391 e. The van der Waals surface area contributed by atoms with E-state index in [2.05, 4.69) is 16.6 Å². The van der Waals surface area contributed by atoms with E-state index < -0.39 is 0 Å². The van der Waals surface area contributed by atoms with E-state index in [4.69, 9.17) is 6.42 Å². The quantitative estimate of drug-likeness (QED) is 0.381. The van der Waals surface area contributed by atoms with E-state index >= 15 is 0 Å². The smallest absolute Gasteiger partial charge is 0.234 e. The summed E-state index contributed by atoms with van der Waals surface area (Å²) in [6, 6.07) is 0. The summed E-state index contributed by atoms with van der Waals surface area (Å²) in [5.41, 5.74) is 0. The van der Waals surface area contributed by atoms with E-state index in [0.717, 1.165) is 12.8 Å². The van der Waals surface area contributed by atoms with Crippen LogP contribution < -0.4 is 10.6 Å². The molecule has 0 spiro atoms. The van der Waals surface area contributed by atoms with E-state index in [1.165, 1.54) is 0 Å². The first-order valence-corrected chi connectivity index (χ1v) is 4.83. The van der Waals surface area contributed by atoms with Crippen LogP contribution in [0.4, 0.5) is 0 Å². The summed E-state index contributed by atoms with van der Waals surface area (Å²) in [4.78, 5) is 11.1. The van der Waals surface area contributed by atoms with Crippen molar-refractivity contribution >= 4 is 5.91 Å². The zero-order valence-electron chi connectivity index (χ0n) is 8.12. The summed E-state index contributed by atoms with van der Waals surface area (Å²) in [6.07, 6.45) is 6.77. The first kappa shape index (κ1) is 11.0. The van der Waals surface area contributed by atoms with Gasteiger partial charge in [0, 0.05) is 6.54 Å². The minimum absolute atomic E-state index is 0.125. The molecule has 1 aliphatic rings. The van der Waals surface area contributed by atoms with Gasteiger partial charge in [0.1, 0.15) is 0 Å². The van der Waals surface area contributed by atoms with Crippen LogP contribution >= 0.6 is 0 Å². The molecule has 1 atom stereocenters. The van der Waals surface area contributed by atoms with Gasteiger partial charge in [-0.05, 0) is 18.8 Å². The van der Waals surface area contributed by atoms with Crippen molar-refractivity contribution in [3.05, 3.63) is 0 Å². The molecule has 0 saturated heterocycles. The fraction of sp³-hybridized carbons (Fsp3) is 0.700. The Bertz CT molecular complexity index is 231. The lowest BCUT2D eigenvalue weighted by molar-refractivity contribution is -0.120. The van der Waals surface area contributed by atoms with Crippen LogP contribution in [0.15, 0.2) is 0 Å². The fourth-order valence-electron chi connectivity index (χ4n) is 1.18. The molecular weight excluding hydrogens is 180 g/mol. The molecule has 4 nitrogen and oxygen atoms in total. The van der Waals surface area contributed by atoms with Gasteiger partial charge in [0.2, 0.25) is 5.91 Å². The highest BCUT2D eigenvalue weighted by atomic mass is 16.3. The van der Waals surface area contributed by atoms with Crippen LogP contribution in [0.3, 0.4) is 0 Å². The zero-order chi connectivity index (χ0) is 10.4. The SMILES string of the molecule is C#CCNCC(=O)NCC(O)C1CC1. The molecule has 0 radical (unpaired) electrons. The third-order valence-corrected chi connectivity index (χ3v) is 2.19. The Kier molecular flexibility index (Phi) is 4.44. The van der Waals surface area contributed by atoms with Gasteiger partial charge in [-0.25, -0.2) is 0 Å². The summed E-state index contributed by atoms with van der Waals surface area (Å²) in [6.45, 7) is 0.946. The minimum Gasteiger partial charge on any atom is -0.391 e. The topological polar surface area (TPSA) is 61.4 Å². The lowest BCUT2D eigenvalue weighted by Gasteiger charge is -2.10. The van der Waals surface area contributed by atoms with Crippen molar-refractivity contribution < 1.29 is 9.90 Å². The molecule has 0 aromatic rings. The molecule has 0 bridgehead atoms. The van der Waals surface area contributed by atoms with Crippen molar-refractivity contribution in [2.75, 3.05) is 19.6 Å². The average molecular weight is 196 g/mol. The van der Waals surface area contributed by atoms with Crippen LogP contribution in [0.2, 0.25) is 0 Å². The Balaban J connectivity index is 1.99. The molecule has 1 rings (SSSR count). The molecular formula is C10H16N2O2. The van der Waals surface area contributed by atoms with Gasteiger partial charge < -0.3 is 10.4 Å². The second-order valence-corrected chi connectivity index (χ2v) is 3.52. The van der Waals surface area contributed by atoms with Gasteiger partial charge >= 0.3 is 0 Å². The number of rotatable bonds is 6. The minimum atomic E-state index is -0.383. The number of aliphatic hydroxyl groups excluding tert-OH is 1. The number of hydrogen-bond donors (Lipinski definition) is 3. The second-order valence-electron chi connectivity index (χ2n) is 3.52. The third kappa shape index (κ3) is 4.26. The average Bonchev–Trinajstić information content (AvgIpc) is 2.98. The highest BCUT2D eigenvalue weighted by Gasteiger charge is 2.29. The molecule has 0 heterocycles. The van der Waals surface area contributed by atoms with Crippen LogP contribution in [-0.2, 0) is 4.79 Å². The summed E-state index contributed by atoms with van der Waals surface area (Å²) >= 11 is 0. The highest BCUT2D eigenvalue weighted by molar-refractivity contribution is 5.78. The molecule has 78 valence electrons. The Labute approximate surface area is 84.1 Å². The molecule has 14 heavy (non-hydrogen) atoms. The molecule has 1 unspecified atom stereocenters. The van der Waals surface area contributed by atoms with Crippen LogP contribution in [-0.4, -0.2) is 36.8 Å². The second kappa shape index (κ2) is 5.63. The maximum Gasteiger partial charge on any atom is 0.234 e. The molecule has 4 heteroatoms. The number of aliphatic hydroxyl groups is 1. The maximum absolute atomic E-state index is 11.1. The Hall–Kier alpha value is -1.05. The molecule has 1 fully saturated rings. The first-order chi connectivity index (χ1) is 6.74. The number of amides is 1. The summed E-state index contributed by atoms with van der Waals surface area (Å²) in [5, 5.41) is 14.9. The molecule has 1 aliphatic carbocycles. The monoisotopic (exact) mass is 196 g/mol. The van der Waals surface area contributed by atoms with Crippen molar-refractivity contribution in [2.24, 2.45) is 5.92 Å². The molecule has 3 N–H and O–H groups in total. The summed E-state index contributed by atoms with van der Waals surface area (Å²) in [5.74, 6) is 2.65. The number of nitrogens with one attached hydrogen (secondary N) is 2. The number of hydrogen-bond acceptors (Lipinski definition) is 3. The van der Waals surface area contributed by atoms with Gasteiger partial charge in [-0.15, -0.1) is 6.42 Å². The highest BCUT2D eigenvalue weighted by Crippen LogP contribution is 2.32. The summed E-state index contributed by atoms with van der Waals surface area (Å²) < 4.78 is 0. The zero-order valence-corrected chi connectivity index (χ0v) is 8.12. The van der Waals surface area contributed by atoms with Crippen molar-refractivity contribution in [2.45, 2.75) is 18.9 Å². The standard InChI is InChI=1S/C10H16N2O2/c1-2-5-11-7-10(14)12-6-9(13)8-3-4-8/h1,8-9,11,13H,3-7H2,(H,12,14). The van der Waals surface area contributed by atoms with Crippen molar-refractivity contribution in [3.8, 4) is 12.3 Å². The lowest BCUT2D eigenvalue weighted by atomic mass is 10.2. The predicted molar refractivity (Wildman–Crippen MR) is 53.4 cm³/mol. The van der Waals surface area contributed by atoms with Gasteiger partial charge in [-0.3, -0.25) is 10.1 Å². The molecule has 0 aromatic carbocycles. The third-order valence-electron chi connectivity index (χ3n) is 2.19. The van der Waals surface area contributed by atoms with Crippen LogP contribution in [0.5, 0.6) is 0 Å².